The quantitative estimate of drug-likeness (QED) is 0.750. The number of benzene rings is 2. The van der Waals surface area contributed by atoms with E-state index in [0.29, 0.717) is 23.5 Å². The van der Waals surface area contributed by atoms with Crippen LogP contribution >= 0.6 is 11.8 Å². The van der Waals surface area contributed by atoms with Crippen LogP contribution in [0.4, 0.5) is 11.4 Å². The molecular formula is C21H24N2O4S2. The van der Waals surface area contributed by atoms with E-state index < -0.39 is 15.8 Å². The van der Waals surface area contributed by atoms with Crippen LogP contribution in [0.1, 0.15) is 24.5 Å². The molecule has 1 heterocycles. The van der Waals surface area contributed by atoms with Gasteiger partial charge >= 0.3 is 0 Å². The van der Waals surface area contributed by atoms with Gasteiger partial charge in [-0.25, -0.2) is 8.42 Å². The van der Waals surface area contributed by atoms with Crippen LogP contribution in [0.5, 0.6) is 0 Å². The number of hydrogen-bond acceptors (Lipinski definition) is 5. The molecule has 0 bridgehead atoms. The van der Waals surface area contributed by atoms with E-state index in [1.54, 1.807) is 13.0 Å². The highest BCUT2D eigenvalue weighted by molar-refractivity contribution is 7.99. The van der Waals surface area contributed by atoms with Crippen LogP contribution < -0.4 is 10.6 Å². The van der Waals surface area contributed by atoms with Crippen LogP contribution in [-0.2, 0) is 19.4 Å². The van der Waals surface area contributed by atoms with Gasteiger partial charge in [-0.2, -0.15) is 0 Å². The van der Waals surface area contributed by atoms with Crippen LogP contribution in [0.2, 0.25) is 0 Å². The lowest BCUT2D eigenvalue weighted by Gasteiger charge is -2.15. The van der Waals surface area contributed by atoms with Crippen molar-refractivity contribution < 1.29 is 18.0 Å². The molecule has 0 spiro atoms. The summed E-state index contributed by atoms with van der Waals surface area (Å²) in [6, 6.07) is 10.4. The smallest absolute Gasteiger partial charge is 0.228 e. The van der Waals surface area contributed by atoms with E-state index in [2.05, 4.69) is 10.6 Å². The van der Waals surface area contributed by atoms with Crippen molar-refractivity contribution in [1.29, 1.82) is 0 Å². The first kappa shape index (κ1) is 21.4. The number of amides is 2. The monoisotopic (exact) mass is 432 g/mol. The van der Waals surface area contributed by atoms with E-state index in [1.807, 2.05) is 32.0 Å². The lowest BCUT2D eigenvalue weighted by molar-refractivity contribution is -0.119. The summed E-state index contributed by atoms with van der Waals surface area (Å²) in [6.07, 6.45) is 0.386. The fraction of sp³-hybridized carbons (Fsp3) is 0.333. The number of anilines is 2. The van der Waals surface area contributed by atoms with E-state index in [9.17, 15) is 18.0 Å². The Morgan fingerprint density at radius 3 is 2.69 bits per heavy atom. The molecule has 0 saturated heterocycles. The number of nitrogens with one attached hydrogen (secondary N) is 2. The van der Waals surface area contributed by atoms with Crippen LogP contribution in [-0.4, -0.2) is 31.7 Å². The number of hydrogen-bond donors (Lipinski definition) is 2. The van der Waals surface area contributed by atoms with Crippen molar-refractivity contribution in [2.45, 2.75) is 37.0 Å². The second-order valence-electron chi connectivity index (χ2n) is 7.29. The zero-order chi connectivity index (χ0) is 21.2. The Balaban J connectivity index is 1.74. The summed E-state index contributed by atoms with van der Waals surface area (Å²) < 4.78 is 25.7. The molecule has 6 nitrogen and oxygen atoms in total. The number of thioether (sulfide) groups is 1. The zero-order valence-electron chi connectivity index (χ0n) is 16.6. The Hall–Kier alpha value is -2.32. The fourth-order valence-electron chi connectivity index (χ4n) is 3.10. The summed E-state index contributed by atoms with van der Waals surface area (Å²) in [6.45, 7) is 5.46. The fourth-order valence-corrected chi connectivity index (χ4v) is 5.62. The van der Waals surface area contributed by atoms with Gasteiger partial charge in [-0.1, -0.05) is 24.6 Å². The molecular weight excluding hydrogens is 408 g/mol. The summed E-state index contributed by atoms with van der Waals surface area (Å²) >= 11 is 1.51. The third kappa shape index (κ3) is 5.19. The Bertz CT molecular complexity index is 1060. The highest BCUT2D eigenvalue weighted by atomic mass is 32.2. The van der Waals surface area contributed by atoms with Gasteiger partial charge in [0.05, 0.1) is 16.3 Å². The normalized spacial score (nSPS) is 15.1. The van der Waals surface area contributed by atoms with Crippen LogP contribution in [0.15, 0.2) is 46.2 Å². The van der Waals surface area contributed by atoms with Crippen molar-refractivity contribution in [3.8, 4) is 0 Å². The molecule has 29 heavy (non-hydrogen) atoms. The molecule has 2 aromatic rings. The second kappa shape index (κ2) is 8.59. The highest BCUT2D eigenvalue weighted by Crippen LogP contribution is 2.33. The van der Waals surface area contributed by atoms with Gasteiger partial charge in [-0.15, -0.1) is 11.8 Å². The Kier molecular flexibility index (Phi) is 6.33. The molecule has 3 rings (SSSR count). The van der Waals surface area contributed by atoms with Crippen LogP contribution in [0, 0.1) is 19.8 Å². The zero-order valence-corrected chi connectivity index (χ0v) is 18.2. The first-order chi connectivity index (χ1) is 13.7. The van der Waals surface area contributed by atoms with Crippen molar-refractivity contribution in [3.63, 3.8) is 0 Å². The maximum Gasteiger partial charge on any atom is 0.228 e. The third-order valence-electron chi connectivity index (χ3n) is 4.73. The molecule has 0 unspecified atom stereocenters. The van der Waals surface area contributed by atoms with Gasteiger partial charge in [0, 0.05) is 28.7 Å². The molecule has 2 amide bonds. The van der Waals surface area contributed by atoms with Crippen molar-refractivity contribution >= 4 is 44.8 Å². The van der Waals surface area contributed by atoms with Gasteiger partial charge in [0.15, 0.2) is 9.84 Å². The molecule has 0 saturated carbocycles. The van der Waals surface area contributed by atoms with Gasteiger partial charge < -0.3 is 10.6 Å². The van der Waals surface area contributed by atoms with Gasteiger partial charge in [-0.3, -0.25) is 9.59 Å². The van der Waals surface area contributed by atoms with Crippen molar-refractivity contribution in [2.24, 2.45) is 5.92 Å². The lowest BCUT2D eigenvalue weighted by Crippen LogP contribution is -2.27. The minimum atomic E-state index is -3.70. The molecule has 0 aromatic heterocycles. The first-order valence-electron chi connectivity index (χ1n) is 9.33. The minimum absolute atomic E-state index is 0.102. The average molecular weight is 433 g/mol. The molecule has 1 aliphatic heterocycles. The van der Waals surface area contributed by atoms with Crippen molar-refractivity contribution in [3.05, 3.63) is 47.5 Å². The molecule has 1 atom stereocenters. The Morgan fingerprint density at radius 2 is 1.97 bits per heavy atom. The summed E-state index contributed by atoms with van der Waals surface area (Å²) in [5, 5.41) is 5.56. The first-order valence-corrected chi connectivity index (χ1v) is 12.0. The summed E-state index contributed by atoms with van der Waals surface area (Å²) in [7, 11) is -3.70. The predicted octanol–water partition coefficient (Wildman–Crippen LogP) is 3.79. The van der Waals surface area contributed by atoms with E-state index in [1.165, 1.54) is 23.9 Å². The van der Waals surface area contributed by atoms with E-state index in [-0.39, 0.29) is 22.5 Å². The van der Waals surface area contributed by atoms with Gasteiger partial charge in [-0.05, 0) is 43.7 Å². The van der Waals surface area contributed by atoms with Gasteiger partial charge in [0.1, 0.15) is 0 Å². The molecule has 0 aliphatic carbocycles. The average Bonchev–Trinajstić information content (AvgIpc) is 2.83. The molecule has 0 radical (unpaired) electrons. The van der Waals surface area contributed by atoms with Gasteiger partial charge in [0.2, 0.25) is 11.8 Å². The molecule has 8 heteroatoms. The summed E-state index contributed by atoms with van der Waals surface area (Å²) in [5.74, 6) is -0.876. The van der Waals surface area contributed by atoms with Crippen LogP contribution in [0.25, 0.3) is 0 Å². The number of aryl methyl sites for hydroxylation is 2. The molecule has 2 N–H and O–H groups in total. The van der Waals surface area contributed by atoms with Gasteiger partial charge in [0.25, 0.3) is 0 Å². The van der Waals surface area contributed by atoms with E-state index in [4.69, 9.17) is 0 Å². The standard InChI is InChI=1S/C21H24N2O4S2/c1-13-4-6-17(14(2)10-13)23-21(25)15(3)12-29(26,27)16-5-7-19-18(11-16)22-20(24)8-9-28-19/h4-7,10-11,15H,8-9,12H2,1-3H3,(H,22,24)(H,23,25)/t15-/m0/s1. The largest absolute Gasteiger partial charge is 0.326 e. The SMILES string of the molecule is Cc1ccc(NC(=O)[C@@H](C)CS(=O)(=O)c2ccc3c(c2)NC(=O)CCS3)c(C)c1. The predicted molar refractivity (Wildman–Crippen MR) is 116 cm³/mol. The van der Waals surface area contributed by atoms with E-state index >= 15 is 0 Å². The number of sulfone groups is 1. The summed E-state index contributed by atoms with van der Waals surface area (Å²) in [5.41, 5.74) is 3.19. The molecule has 154 valence electrons. The maximum atomic E-state index is 12.9. The lowest BCUT2D eigenvalue weighted by atomic mass is 10.1. The minimum Gasteiger partial charge on any atom is -0.326 e. The number of fused-ring (bicyclic) bond motifs is 1. The molecule has 2 aromatic carbocycles. The number of rotatable bonds is 5. The number of carbonyl (C=O) groups is 2. The number of carbonyl (C=O) groups excluding carboxylic acids is 2. The Morgan fingerprint density at radius 1 is 1.21 bits per heavy atom. The van der Waals surface area contributed by atoms with Crippen molar-refractivity contribution in [1.82, 2.24) is 0 Å². The topological polar surface area (TPSA) is 92.3 Å². The van der Waals surface area contributed by atoms with Crippen molar-refractivity contribution in [2.75, 3.05) is 22.1 Å². The van der Waals surface area contributed by atoms with E-state index in [0.717, 1.165) is 16.0 Å². The Labute approximate surface area is 175 Å². The summed E-state index contributed by atoms with van der Waals surface area (Å²) in [4.78, 5) is 25.3. The second-order valence-corrected chi connectivity index (χ2v) is 10.5. The molecule has 1 aliphatic rings. The maximum absolute atomic E-state index is 12.9. The third-order valence-corrected chi connectivity index (χ3v) is 7.71. The molecule has 0 fully saturated rings. The highest BCUT2D eigenvalue weighted by Gasteiger charge is 2.25. The van der Waals surface area contributed by atoms with Crippen LogP contribution in [0.3, 0.4) is 0 Å².